The monoisotopic (exact) mass is 458 g/mol. The van der Waals surface area contributed by atoms with Crippen molar-refractivity contribution >= 4 is 5.82 Å². The van der Waals surface area contributed by atoms with Crippen molar-refractivity contribution in [1.82, 2.24) is 15.1 Å². The molecule has 2 aliphatic rings. The number of anilines is 1. The fourth-order valence-electron chi connectivity index (χ4n) is 4.43. The predicted molar refractivity (Wildman–Crippen MR) is 135 cm³/mol. The Labute approximate surface area is 202 Å². The maximum Gasteiger partial charge on any atom is 0.238 e. The molecule has 34 heavy (non-hydrogen) atoms. The number of hydrogen-bond acceptors (Lipinski definition) is 6. The quantitative estimate of drug-likeness (QED) is 0.480. The zero-order chi connectivity index (χ0) is 23.5. The lowest BCUT2D eigenvalue weighted by molar-refractivity contribution is 0.120. The zero-order valence-corrected chi connectivity index (χ0v) is 20.4. The van der Waals surface area contributed by atoms with Crippen LogP contribution in [0.4, 0.5) is 5.82 Å². The Morgan fingerprint density at radius 1 is 0.765 bits per heavy atom. The average Bonchev–Trinajstić information content (AvgIpc) is 2.83. The molecule has 0 N–H and O–H groups in total. The highest BCUT2D eigenvalue weighted by atomic mass is 16.5. The van der Waals surface area contributed by atoms with Gasteiger partial charge in [0.15, 0.2) is 5.82 Å². The van der Waals surface area contributed by atoms with Gasteiger partial charge in [0.1, 0.15) is 11.5 Å². The number of likely N-dealkylation sites (N-methyl/N-ethyl adjacent to an activating group) is 1. The maximum atomic E-state index is 6.01. The molecular formula is C28H34N4O2. The maximum absolute atomic E-state index is 6.01. The van der Waals surface area contributed by atoms with Crippen LogP contribution in [0, 0.1) is 0 Å². The standard InChI is InChI=1S/C28H34N4O2/c1-28(2,21-7-11-24(12-8-21)33-23-5-4-6-23)22-9-13-25(14-10-22)34-27-16-15-26(29-30-27)32-19-17-31(3)18-20-32/h7-16,23H,4-6,17-20H2,1-3H3. The van der Waals surface area contributed by atoms with Crippen molar-refractivity contribution < 1.29 is 9.47 Å². The molecule has 5 rings (SSSR count). The van der Waals surface area contributed by atoms with Gasteiger partial charge < -0.3 is 19.3 Å². The Morgan fingerprint density at radius 3 is 1.91 bits per heavy atom. The lowest BCUT2D eigenvalue weighted by Gasteiger charge is -2.32. The smallest absolute Gasteiger partial charge is 0.238 e. The predicted octanol–water partition coefficient (Wildman–Crippen LogP) is 5.28. The van der Waals surface area contributed by atoms with Gasteiger partial charge in [0.25, 0.3) is 0 Å². The summed E-state index contributed by atoms with van der Waals surface area (Å²) in [5, 5.41) is 8.66. The van der Waals surface area contributed by atoms with Gasteiger partial charge in [0.05, 0.1) is 6.10 Å². The lowest BCUT2D eigenvalue weighted by atomic mass is 9.78. The van der Waals surface area contributed by atoms with Crippen LogP contribution in [0.15, 0.2) is 60.7 Å². The highest BCUT2D eigenvalue weighted by Crippen LogP contribution is 2.34. The highest BCUT2D eigenvalue weighted by Gasteiger charge is 2.24. The molecule has 0 atom stereocenters. The molecule has 178 valence electrons. The first-order valence-electron chi connectivity index (χ1n) is 12.3. The van der Waals surface area contributed by atoms with Gasteiger partial charge >= 0.3 is 0 Å². The average molecular weight is 459 g/mol. The van der Waals surface area contributed by atoms with Gasteiger partial charge in [-0.25, -0.2) is 0 Å². The number of benzene rings is 2. The second-order valence-electron chi connectivity index (χ2n) is 9.97. The van der Waals surface area contributed by atoms with E-state index in [-0.39, 0.29) is 5.41 Å². The number of aromatic nitrogens is 2. The Balaban J connectivity index is 1.21. The number of ether oxygens (including phenoxy) is 2. The van der Waals surface area contributed by atoms with E-state index in [2.05, 4.69) is 77.3 Å². The van der Waals surface area contributed by atoms with Crippen LogP contribution in [0.1, 0.15) is 44.2 Å². The van der Waals surface area contributed by atoms with E-state index in [4.69, 9.17) is 9.47 Å². The minimum absolute atomic E-state index is 0.127. The van der Waals surface area contributed by atoms with Gasteiger partial charge in [-0.2, -0.15) is 0 Å². The summed E-state index contributed by atoms with van der Waals surface area (Å²) >= 11 is 0. The van der Waals surface area contributed by atoms with Crippen molar-refractivity contribution in [3.63, 3.8) is 0 Å². The fraction of sp³-hybridized carbons (Fsp3) is 0.429. The van der Waals surface area contributed by atoms with Gasteiger partial charge in [-0.3, -0.25) is 0 Å². The van der Waals surface area contributed by atoms with Crippen LogP contribution < -0.4 is 14.4 Å². The Morgan fingerprint density at radius 2 is 1.38 bits per heavy atom. The van der Waals surface area contributed by atoms with Crippen LogP contribution in [-0.4, -0.2) is 54.4 Å². The summed E-state index contributed by atoms with van der Waals surface area (Å²) < 4.78 is 12.0. The van der Waals surface area contributed by atoms with Gasteiger partial charge in [-0.15, -0.1) is 10.2 Å². The molecule has 1 aliphatic carbocycles. The molecular weight excluding hydrogens is 424 g/mol. The van der Waals surface area contributed by atoms with Crippen LogP contribution in [0.5, 0.6) is 17.4 Å². The van der Waals surface area contributed by atoms with E-state index >= 15 is 0 Å². The molecule has 1 saturated carbocycles. The van der Waals surface area contributed by atoms with Gasteiger partial charge in [0, 0.05) is 37.7 Å². The summed E-state index contributed by atoms with van der Waals surface area (Å²) in [6, 6.07) is 20.7. The second kappa shape index (κ2) is 9.63. The third kappa shape index (κ3) is 5.02. The number of nitrogens with zero attached hydrogens (tertiary/aromatic N) is 4. The van der Waals surface area contributed by atoms with Crippen LogP contribution in [0.25, 0.3) is 0 Å². The van der Waals surface area contributed by atoms with E-state index in [0.29, 0.717) is 12.0 Å². The first-order valence-corrected chi connectivity index (χ1v) is 12.3. The van der Waals surface area contributed by atoms with Crippen LogP contribution >= 0.6 is 0 Å². The molecule has 6 nitrogen and oxygen atoms in total. The molecule has 0 unspecified atom stereocenters. The van der Waals surface area contributed by atoms with Gasteiger partial charge in [-0.1, -0.05) is 38.1 Å². The first kappa shape index (κ1) is 22.7. The highest BCUT2D eigenvalue weighted by molar-refractivity contribution is 5.43. The normalized spacial score (nSPS) is 17.3. The SMILES string of the molecule is CN1CCN(c2ccc(Oc3ccc(C(C)(C)c4ccc(OC5CCC5)cc4)cc3)nn2)CC1. The van der Waals surface area contributed by atoms with Crippen molar-refractivity contribution in [2.24, 2.45) is 0 Å². The van der Waals surface area contributed by atoms with Crippen LogP contribution in [0.2, 0.25) is 0 Å². The summed E-state index contributed by atoms with van der Waals surface area (Å²) in [6.45, 7) is 8.51. The Bertz CT molecular complexity index is 1070. The summed E-state index contributed by atoms with van der Waals surface area (Å²) in [5.74, 6) is 3.13. The summed E-state index contributed by atoms with van der Waals surface area (Å²) in [7, 11) is 2.15. The minimum atomic E-state index is -0.127. The van der Waals surface area contributed by atoms with Crippen molar-refractivity contribution in [3.8, 4) is 17.4 Å². The molecule has 3 aromatic rings. The lowest BCUT2D eigenvalue weighted by Crippen LogP contribution is -2.44. The van der Waals surface area contributed by atoms with E-state index in [1.165, 1.54) is 30.4 Å². The van der Waals surface area contributed by atoms with E-state index < -0.39 is 0 Å². The summed E-state index contributed by atoms with van der Waals surface area (Å²) in [6.07, 6.45) is 4.03. The Kier molecular flexibility index (Phi) is 6.42. The second-order valence-corrected chi connectivity index (χ2v) is 9.97. The van der Waals surface area contributed by atoms with Crippen molar-refractivity contribution in [2.75, 3.05) is 38.1 Å². The zero-order valence-electron chi connectivity index (χ0n) is 20.4. The summed E-state index contributed by atoms with van der Waals surface area (Å²) in [5.41, 5.74) is 2.36. The van der Waals surface area contributed by atoms with Crippen LogP contribution in [0.3, 0.4) is 0 Å². The number of piperazine rings is 1. The van der Waals surface area contributed by atoms with Crippen molar-refractivity contribution in [1.29, 1.82) is 0 Å². The van der Waals surface area contributed by atoms with E-state index in [9.17, 15) is 0 Å². The molecule has 0 bridgehead atoms. The van der Waals surface area contributed by atoms with Crippen molar-refractivity contribution in [2.45, 2.75) is 44.6 Å². The number of rotatable bonds is 7. The van der Waals surface area contributed by atoms with E-state index in [0.717, 1.165) is 43.5 Å². The molecule has 1 aliphatic heterocycles. The molecule has 2 heterocycles. The largest absolute Gasteiger partial charge is 0.490 e. The molecule has 1 saturated heterocycles. The first-order chi connectivity index (χ1) is 16.5. The van der Waals surface area contributed by atoms with E-state index in [1.54, 1.807) is 0 Å². The van der Waals surface area contributed by atoms with Gasteiger partial charge in [0.2, 0.25) is 5.88 Å². The van der Waals surface area contributed by atoms with Crippen molar-refractivity contribution in [3.05, 3.63) is 71.8 Å². The van der Waals surface area contributed by atoms with E-state index in [1.807, 2.05) is 24.3 Å². The molecule has 6 heteroatoms. The Hall–Kier alpha value is -3.12. The molecule has 1 aromatic heterocycles. The molecule has 2 fully saturated rings. The summed E-state index contributed by atoms with van der Waals surface area (Å²) in [4.78, 5) is 4.59. The third-order valence-electron chi connectivity index (χ3n) is 7.18. The fourth-order valence-corrected chi connectivity index (χ4v) is 4.43. The topological polar surface area (TPSA) is 50.7 Å². The molecule has 0 spiro atoms. The van der Waals surface area contributed by atoms with Gasteiger partial charge in [-0.05, 0) is 67.8 Å². The molecule has 2 aromatic carbocycles. The molecule has 0 amide bonds. The minimum Gasteiger partial charge on any atom is -0.490 e. The number of hydrogen-bond donors (Lipinski definition) is 0. The van der Waals surface area contributed by atoms with Crippen LogP contribution in [-0.2, 0) is 5.41 Å². The third-order valence-corrected chi connectivity index (χ3v) is 7.18. The molecule has 0 radical (unpaired) electrons.